The summed E-state index contributed by atoms with van der Waals surface area (Å²) in [5.74, 6) is -0.0495. The minimum Gasteiger partial charge on any atom is -0.299 e. The summed E-state index contributed by atoms with van der Waals surface area (Å²) in [7, 11) is -4.01. The Bertz CT molecular complexity index is 1130. The molecule has 2 saturated carbocycles. The van der Waals surface area contributed by atoms with Crippen molar-refractivity contribution in [2.75, 3.05) is 5.75 Å². The fourth-order valence-electron chi connectivity index (χ4n) is 5.35. The first-order valence-electron chi connectivity index (χ1n) is 10.3. The number of Topliss-reactive ketones (excluding diaryl/α,β-unsaturated/α-hetero) is 1. The van der Waals surface area contributed by atoms with Crippen molar-refractivity contribution < 1.29 is 17.5 Å². The van der Waals surface area contributed by atoms with Gasteiger partial charge in [-0.3, -0.25) is 4.79 Å². The van der Waals surface area contributed by atoms with Crippen molar-refractivity contribution in [2.24, 2.45) is 16.7 Å². The lowest BCUT2D eigenvalue weighted by Crippen LogP contribution is -2.44. The van der Waals surface area contributed by atoms with Gasteiger partial charge in [-0.15, -0.1) is 11.8 Å². The summed E-state index contributed by atoms with van der Waals surface area (Å²) >= 11 is 1.33. The van der Waals surface area contributed by atoms with E-state index in [2.05, 4.69) is 11.5 Å². The van der Waals surface area contributed by atoms with Gasteiger partial charge in [-0.1, -0.05) is 38.1 Å². The number of nitrogens with zero attached hydrogens (tertiary/aromatic N) is 1. The number of nitrogens with one attached hydrogen (secondary N) is 1. The molecule has 0 radical (unpaired) electrons. The summed E-state index contributed by atoms with van der Waals surface area (Å²) < 4.78 is 31.0. The van der Waals surface area contributed by atoms with Crippen molar-refractivity contribution in [1.29, 1.82) is 5.26 Å². The number of hydrogen-bond acceptors (Lipinski definition) is 7. The van der Waals surface area contributed by atoms with Gasteiger partial charge < -0.3 is 0 Å². The van der Waals surface area contributed by atoms with Crippen LogP contribution >= 0.6 is 11.8 Å². The summed E-state index contributed by atoms with van der Waals surface area (Å²) in [5.41, 5.74) is 4.30. The number of carbonyl (C=O) groups is 1. The summed E-state index contributed by atoms with van der Waals surface area (Å²) in [5, 5.41) is 11.1. The van der Waals surface area contributed by atoms with E-state index in [0.29, 0.717) is 24.0 Å². The number of aryl methyl sites for hydroxylation is 1. The molecule has 2 aliphatic carbocycles. The fourth-order valence-corrected chi connectivity index (χ4v) is 7.82. The zero-order chi connectivity index (χ0) is 22.4. The van der Waals surface area contributed by atoms with E-state index in [-0.39, 0.29) is 22.9 Å². The SMILES string of the molecule is Cc1ccccc1/C(C#N)=C1\C=CSC1NOS(=O)(=O)CC12CCC(CC1=O)C2(C)C. The van der Waals surface area contributed by atoms with Gasteiger partial charge in [0.05, 0.1) is 16.7 Å². The Kier molecular flexibility index (Phi) is 5.67. The lowest BCUT2D eigenvalue weighted by molar-refractivity contribution is -0.128. The minimum atomic E-state index is -4.01. The van der Waals surface area contributed by atoms with Crippen LogP contribution in [0.4, 0.5) is 0 Å². The Morgan fingerprint density at radius 2 is 2.10 bits per heavy atom. The summed E-state index contributed by atoms with van der Waals surface area (Å²) in [6.45, 7) is 5.92. The van der Waals surface area contributed by atoms with E-state index in [1.54, 1.807) is 6.08 Å². The molecule has 0 spiro atoms. The van der Waals surface area contributed by atoms with Crippen molar-refractivity contribution in [3.63, 3.8) is 0 Å². The van der Waals surface area contributed by atoms with E-state index in [0.717, 1.165) is 17.5 Å². The molecule has 1 heterocycles. The molecule has 0 amide bonds. The topological polar surface area (TPSA) is 96.3 Å². The predicted octanol–water partition coefficient (Wildman–Crippen LogP) is 4.11. The first-order valence-corrected chi connectivity index (χ1v) is 12.9. The van der Waals surface area contributed by atoms with Crippen LogP contribution in [0.1, 0.15) is 44.2 Å². The molecular weight excluding hydrogens is 432 g/mol. The van der Waals surface area contributed by atoms with E-state index in [9.17, 15) is 18.5 Å². The molecule has 3 atom stereocenters. The lowest BCUT2D eigenvalue weighted by Gasteiger charge is -2.35. The number of carbonyl (C=O) groups excluding carboxylic acids is 1. The Morgan fingerprint density at radius 1 is 1.35 bits per heavy atom. The Hall–Kier alpha value is -1.92. The number of hydrogen-bond donors (Lipinski definition) is 1. The van der Waals surface area contributed by atoms with E-state index in [1.807, 2.05) is 50.4 Å². The van der Waals surface area contributed by atoms with Gasteiger partial charge in [-0.2, -0.15) is 23.4 Å². The molecule has 3 unspecified atom stereocenters. The molecule has 6 nitrogen and oxygen atoms in total. The molecule has 1 aromatic rings. The second-order valence-corrected chi connectivity index (χ2v) is 11.7. The van der Waals surface area contributed by atoms with Crippen LogP contribution in [0.5, 0.6) is 0 Å². The fraction of sp³-hybridized carbons (Fsp3) is 0.478. The van der Waals surface area contributed by atoms with Gasteiger partial charge in [0.15, 0.2) is 0 Å². The van der Waals surface area contributed by atoms with Crippen molar-refractivity contribution in [3.8, 4) is 6.07 Å². The third-order valence-corrected chi connectivity index (χ3v) is 9.52. The third kappa shape index (κ3) is 3.68. The van der Waals surface area contributed by atoms with Crippen LogP contribution in [0.25, 0.3) is 5.57 Å². The number of fused-ring (bicyclic) bond motifs is 2. The molecule has 1 aliphatic heterocycles. The maximum Gasteiger partial charge on any atom is 0.284 e. The van der Waals surface area contributed by atoms with Crippen molar-refractivity contribution in [2.45, 2.75) is 45.4 Å². The van der Waals surface area contributed by atoms with Crippen LogP contribution in [0.2, 0.25) is 0 Å². The predicted molar refractivity (Wildman–Crippen MR) is 121 cm³/mol. The molecule has 2 fully saturated rings. The van der Waals surface area contributed by atoms with Crippen LogP contribution in [0, 0.1) is 35.0 Å². The molecule has 3 aliphatic rings. The summed E-state index contributed by atoms with van der Waals surface area (Å²) in [4.78, 5) is 12.7. The molecule has 4 rings (SSSR count). The Morgan fingerprint density at radius 3 is 2.71 bits per heavy atom. The van der Waals surface area contributed by atoms with E-state index >= 15 is 0 Å². The van der Waals surface area contributed by atoms with Crippen LogP contribution in [0.3, 0.4) is 0 Å². The highest BCUT2D eigenvalue weighted by Crippen LogP contribution is 2.64. The number of benzene rings is 1. The number of ketones is 1. The van der Waals surface area contributed by atoms with Crippen molar-refractivity contribution in [3.05, 3.63) is 52.4 Å². The van der Waals surface area contributed by atoms with Crippen LogP contribution < -0.4 is 5.48 Å². The zero-order valence-corrected chi connectivity index (χ0v) is 19.5. The molecule has 2 bridgehead atoms. The molecule has 164 valence electrons. The van der Waals surface area contributed by atoms with Crippen molar-refractivity contribution >= 4 is 33.2 Å². The van der Waals surface area contributed by atoms with Gasteiger partial charge in [-0.05, 0) is 53.7 Å². The molecular formula is C23H26N2O4S2. The highest BCUT2D eigenvalue weighted by Gasteiger charge is 2.65. The van der Waals surface area contributed by atoms with Crippen LogP contribution in [0.15, 0.2) is 41.3 Å². The first kappa shape index (κ1) is 22.3. The summed E-state index contributed by atoms with van der Waals surface area (Å²) in [6, 6.07) is 9.82. The molecule has 1 N–H and O–H groups in total. The average Bonchev–Trinajstić information content (AvgIpc) is 3.31. The second-order valence-electron chi connectivity index (χ2n) is 9.15. The molecule has 31 heavy (non-hydrogen) atoms. The molecule has 1 aromatic carbocycles. The monoisotopic (exact) mass is 458 g/mol. The first-order chi connectivity index (χ1) is 14.6. The normalized spacial score (nSPS) is 30.6. The maximum absolute atomic E-state index is 12.9. The molecule has 0 saturated heterocycles. The summed E-state index contributed by atoms with van der Waals surface area (Å²) in [6.07, 6.45) is 3.71. The second kappa shape index (κ2) is 7.89. The van der Waals surface area contributed by atoms with Gasteiger partial charge in [0.1, 0.15) is 17.2 Å². The van der Waals surface area contributed by atoms with Gasteiger partial charge in [0.2, 0.25) is 0 Å². The Balaban J connectivity index is 1.53. The van der Waals surface area contributed by atoms with E-state index in [1.165, 1.54) is 11.8 Å². The number of nitriles is 1. The number of hydroxylamine groups is 1. The van der Waals surface area contributed by atoms with Gasteiger partial charge in [0.25, 0.3) is 10.1 Å². The van der Waals surface area contributed by atoms with E-state index < -0.39 is 20.9 Å². The van der Waals surface area contributed by atoms with Gasteiger partial charge in [0, 0.05) is 12.0 Å². The third-order valence-electron chi connectivity index (χ3n) is 7.40. The Labute approximate surface area is 187 Å². The maximum atomic E-state index is 12.9. The highest BCUT2D eigenvalue weighted by atomic mass is 32.2. The number of rotatable bonds is 6. The van der Waals surface area contributed by atoms with E-state index in [4.69, 9.17) is 4.28 Å². The smallest absolute Gasteiger partial charge is 0.284 e. The zero-order valence-electron chi connectivity index (χ0n) is 17.8. The van der Waals surface area contributed by atoms with Gasteiger partial charge >= 0.3 is 0 Å². The number of allylic oxidation sites excluding steroid dienone is 1. The quantitative estimate of drug-likeness (QED) is 0.506. The largest absolute Gasteiger partial charge is 0.299 e. The standard InChI is InChI=1S/C23H26N2O4S2/c1-15-6-4-5-7-17(15)19(13-24)18-9-11-30-21(18)25-29-31(27,28)14-23-10-8-16(12-20(23)26)22(23,2)3/h4-7,9,11,16,21,25H,8,10,12,14H2,1-3H3/b19-18+. The van der Waals surface area contributed by atoms with Crippen molar-refractivity contribution in [1.82, 2.24) is 5.48 Å². The van der Waals surface area contributed by atoms with Crippen LogP contribution in [-0.2, 0) is 19.2 Å². The minimum absolute atomic E-state index is 0.0322. The van der Waals surface area contributed by atoms with Gasteiger partial charge in [-0.25, -0.2) is 0 Å². The highest BCUT2D eigenvalue weighted by molar-refractivity contribution is 8.03. The average molecular weight is 459 g/mol. The lowest BCUT2D eigenvalue weighted by atomic mass is 9.70. The molecule has 0 aromatic heterocycles. The number of thioether (sulfide) groups is 1. The molecule has 8 heteroatoms. The van der Waals surface area contributed by atoms with Crippen LogP contribution in [-0.4, -0.2) is 25.3 Å².